The van der Waals surface area contributed by atoms with E-state index in [2.05, 4.69) is 0 Å². The van der Waals surface area contributed by atoms with E-state index in [1.165, 1.54) is 4.90 Å². The Labute approximate surface area is 166 Å². The lowest BCUT2D eigenvalue weighted by atomic mass is 10.0. The van der Waals surface area contributed by atoms with Crippen LogP contribution in [0.25, 0.3) is 5.57 Å². The summed E-state index contributed by atoms with van der Waals surface area (Å²) in [5, 5.41) is 0. The smallest absolute Gasteiger partial charge is 0.277 e. The van der Waals surface area contributed by atoms with Gasteiger partial charge in [0, 0.05) is 25.7 Å². The summed E-state index contributed by atoms with van der Waals surface area (Å²) in [6.07, 6.45) is 0. The largest absolute Gasteiger partial charge is 0.496 e. The maximum absolute atomic E-state index is 13.3. The molecule has 0 radical (unpaired) electrons. The summed E-state index contributed by atoms with van der Waals surface area (Å²) in [7, 11) is 3.42. The number of nitrogens with zero attached hydrogens (tertiary/aromatic N) is 2. The van der Waals surface area contributed by atoms with Crippen LogP contribution >= 0.6 is 0 Å². The highest BCUT2D eigenvalue weighted by molar-refractivity contribution is 6.36. The van der Waals surface area contributed by atoms with Crippen molar-refractivity contribution in [1.82, 2.24) is 9.80 Å². The first-order valence-corrected chi connectivity index (χ1v) is 9.43. The summed E-state index contributed by atoms with van der Waals surface area (Å²) in [5.41, 5.74) is 2.53. The Morgan fingerprint density at radius 1 is 0.964 bits per heavy atom. The predicted octanol–water partition coefficient (Wildman–Crippen LogP) is 3.56. The summed E-state index contributed by atoms with van der Waals surface area (Å²) in [4.78, 5) is 29.7. The number of rotatable bonds is 7. The summed E-state index contributed by atoms with van der Waals surface area (Å²) in [6.45, 7) is 4.91. The van der Waals surface area contributed by atoms with E-state index in [9.17, 15) is 9.59 Å². The number of hydrogen-bond donors (Lipinski definition) is 0. The Kier molecular flexibility index (Phi) is 5.83. The van der Waals surface area contributed by atoms with Crippen LogP contribution in [-0.4, -0.2) is 42.3 Å². The molecule has 0 saturated heterocycles. The summed E-state index contributed by atoms with van der Waals surface area (Å²) < 4.78 is 5.47. The molecule has 2 aromatic carbocycles. The number of methoxy groups -OCH3 is 1. The van der Waals surface area contributed by atoms with Crippen LogP contribution in [-0.2, 0) is 16.1 Å². The van der Waals surface area contributed by atoms with Crippen molar-refractivity contribution in [3.05, 3.63) is 71.4 Å². The quantitative estimate of drug-likeness (QED) is 0.691. The SMILES string of the molecule is COc1ccccc1C1=C(N(C)Cc2ccccc2)C(=O)N(CC(C)C)C1=O. The van der Waals surface area contributed by atoms with Gasteiger partial charge in [-0.05, 0) is 17.5 Å². The number of ether oxygens (including phenoxy) is 1. The molecule has 5 nitrogen and oxygen atoms in total. The summed E-state index contributed by atoms with van der Waals surface area (Å²) in [5.74, 6) is 0.248. The van der Waals surface area contributed by atoms with Crippen LogP contribution in [0.4, 0.5) is 0 Å². The van der Waals surface area contributed by atoms with Crippen LogP contribution in [0.3, 0.4) is 0 Å². The fourth-order valence-electron chi connectivity index (χ4n) is 3.48. The minimum absolute atomic E-state index is 0.186. The van der Waals surface area contributed by atoms with E-state index in [4.69, 9.17) is 4.74 Å². The van der Waals surface area contributed by atoms with Gasteiger partial charge in [0.25, 0.3) is 11.8 Å². The molecule has 0 aromatic heterocycles. The van der Waals surface area contributed by atoms with Gasteiger partial charge >= 0.3 is 0 Å². The summed E-state index contributed by atoms with van der Waals surface area (Å²) in [6, 6.07) is 17.2. The lowest BCUT2D eigenvalue weighted by molar-refractivity contribution is -0.138. The second-order valence-electron chi connectivity index (χ2n) is 7.38. The maximum atomic E-state index is 13.3. The van der Waals surface area contributed by atoms with E-state index in [-0.39, 0.29) is 17.7 Å². The average molecular weight is 378 g/mol. The molecule has 0 bridgehead atoms. The lowest BCUT2D eigenvalue weighted by Gasteiger charge is -2.22. The number of imide groups is 1. The van der Waals surface area contributed by atoms with Crippen molar-refractivity contribution >= 4 is 17.4 Å². The molecule has 2 aromatic rings. The number of carbonyl (C=O) groups is 2. The van der Waals surface area contributed by atoms with Crippen LogP contribution in [0.15, 0.2) is 60.3 Å². The number of benzene rings is 2. The molecule has 1 heterocycles. The van der Waals surface area contributed by atoms with E-state index >= 15 is 0 Å². The fraction of sp³-hybridized carbons (Fsp3) is 0.304. The van der Waals surface area contributed by atoms with Crippen molar-refractivity contribution in [3.63, 3.8) is 0 Å². The van der Waals surface area contributed by atoms with Crippen LogP contribution in [0.2, 0.25) is 0 Å². The zero-order chi connectivity index (χ0) is 20.3. The highest BCUT2D eigenvalue weighted by Crippen LogP contribution is 2.36. The Bertz CT molecular complexity index is 903. The van der Waals surface area contributed by atoms with Crippen molar-refractivity contribution < 1.29 is 14.3 Å². The Morgan fingerprint density at radius 3 is 2.25 bits per heavy atom. The molecule has 1 aliphatic heterocycles. The van der Waals surface area contributed by atoms with Crippen LogP contribution < -0.4 is 4.74 Å². The molecule has 2 amide bonds. The van der Waals surface area contributed by atoms with E-state index < -0.39 is 0 Å². The van der Waals surface area contributed by atoms with Gasteiger partial charge in [0.15, 0.2) is 0 Å². The molecule has 0 N–H and O–H groups in total. The van der Waals surface area contributed by atoms with Gasteiger partial charge in [-0.15, -0.1) is 0 Å². The molecule has 0 saturated carbocycles. The van der Waals surface area contributed by atoms with Crippen LogP contribution in [0.1, 0.15) is 25.0 Å². The van der Waals surface area contributed by atoms with Gasteiger partial charge in [-0.3, -0.25) is 14.5 Å². The molecular formula is C23H26N2O3. The molecule has 0 aliphatic carbocycles. The van der Waals surface area contributed by atoms with Crippen molar-refractivity contribution in [3.8, 4) is 5.75 Å². The van der Waals surface area contributed by atoms with Gasteiger partial charge in [0.1, 0.15) is 11.4 Å². The molecule has 3 rings (SSSR count). The first-order valence-electron chi connectivity index (χ1n) is 9.43. The number of likely N-dealkylation sites (N-methyl/N-ethyl adjacent to an activating group) is 1. The molecule has 0 fully saturated rings. The standard InChI is InChI=1S/C23H26N2O3/c1-16(2)14-25-22(26)20(18-12-8-9-13-19(18)28-4)21(23(25)27)24(3)15-17-10-6-5-7-11-17/h5-13,16H,14-15H2,1-4H3. The van der Waals surface area contributed by atoms with Gasteiger partial charge in [-0.2, -0.15) is 0 Å². The van der Waals surface area contributed by atoms with Crippen LogP contribution in [0.5, 0.6) is 5.75 Å². The lowest BCUT2D eigenvalue weighted by Crippen LogP contribution is -2.36. The third kappa shape index (κ3) is 3.79. The molecule has 0 atom stereocenters. The van der Waals surface area contributed by atoms with E-state index in [0.717, 1.165) is 5.56 Å². The van der Waals surface area contributed by atoms with Gasteiger partial charge in [-0.1, -0.05) is 62.4 Å². The van der Waals surface area contributed by atoms with Gasteiger partial charge in [0.05, 0.1) is 12.7 Å². The number of carbonyl (C=O) groups excluding carboxylic acids is 2. The van der Waals surface area contributed by atoms with Crippen molar-refractivity contribution in [2.45, 2.75) is 20.4 Å². The Balaban J connectivity index is 2.09. The zero-order valence-corrected chi connectivity index (χ0v) is 16.8. The average Bonchev–Trinajstić information content (AvgIpc) is 2.93. The molecule has 146 valence electrons. The van der Waals surface area contributed by atoms with Gasteiger partial charge in [0.2, 0.25) is 0 Å². The minimum Gasteiger partial charge on any atom is -0.496 e. The highest BCUT2D eigenvalue weighted by atomic mass is 16.5. The van der Waals surface area contributed by atoms with E-state index in [1.54, 1.807) is 13.2 Å². The van der Waals surface area contributed by atoms with E-state index in [0.29, 0.717) is 35.7 Å². The minimum atomic E-state index is -0.266. The molecule has 28 heavy (non-hydrogen) atoms. The van der Waals surface area contributed by atoms with Crippen molar-refractivity contribution in [1.29, 1.82) is 0 Å². The third-order valence-electron chi connectivity index (χ3n) is 4.71. The first kappa shape index (κ1) is 19.7. The van der Waals surface area contributed by atoms with Crippen LogP contribution in [0, 0.1) is 5.92 Å². The molecular weight excluding hydrogens is 352 g/mol. The van der Waals surface area contributed by atoms with Gasteiger partial charge in [-0.25, -0.2) is 0 Å². The topological polar surface area (TPSA) is 49.9 Å². The zero-order valence-electron chi connectivity index (χ0n) is 16.8. The maximum Gasteiger partial charge on any atom is 0.277 e. The van der Waals surface area contributed by atoms with Gasteiger partial charge < -0.3 is 9.64 Å². The molecule has 5 heteroatoms. The Hall–Kier alpha value is -3.08. The highest BCUT2D eigenvalue weighted by Gasteiger charge is 2.41. The van der Waals surface area contributed by atoms with Crippen molar-refractivity contribution in [2.75, 3.05) is 20.7 Å². The van der Waals surface area contributed by atoms with Crippen molar-refractivity contribution in [2.24, 2.45) is 5.92 Å². The molecule has 0 spiro atoms. The first-order chi connectivity index (χ1) is 13.4. The summed E-state index contributed by atoms with van der Waals surface area (Å²) >= 11 is 0. The Morgan fingerprint density at radius 2 is 1.61 bits per heavy atom. The third-order valence-corrected chi connectivity index (χ3v) is 4.71. The second-order valence-corrected chi connectivity index (χ2v) is 7.38. The molecule has 1 aliphatic rings. The number of amides is 2. The predicted molar refractivity (Wildman–Crippen MR) is 109 cm³/mol. The normalized spacial score (nSPS) is 14.2. The monoisotopic (exact) mass is 378 g/mol. The fourth-order valence-corrected chi connectivity index (χ4v) is 3.48. The van der Waals surface area contributed by atoms with E-state index in [1.807, 2.05) is 74.3 Å². The number of hydrogen-bond acceptors (Lipinski definition) is 4. The second kappa shape index (κ2) is 8.30. The molecule has 0 unspecified atom stereocenters. The number of para-hydroxylation sites is 1.